The van der Waals surface area contributed by atoms with Crippen molar-refractivity contribution in [2.75, 3.05) is 13.2 Å². The maximum absolute atomic E-state index is 12.8. The van der Waals surface area contributed by atoms with Crippen molar-refractivity contribution in [3.8, 4) is 22.9 Å². The van der Waals surface area contributed by atoms with Gasteiger partial charge < -0.3 is 9.47 Å². The lowest BCUT2D eigenvalue weighted by molar-refractivity contribution is 0.287. The van der Waals surface area contributed by atoms with Crippen molar-refractivity contribution >= 4 is 38.3 Å². The van der Waals surface area contributed by atoms with Gasteiger partial charge in [-0.1, -0.05) is 45.5 Å². The summed E-state index contributed by atoms with van der Waals surface area (Å²) in [5.74, 6) is 1.88. The Kier molecular flexibility index (Phi) is 5.64. The molecule has 29 heavy (non-hydrogen) atoms. The number of hydrogen-bond donors (Lipinski definition) is 0. The molecular weight excluding hydrogens is 454 g/mol. The van der Waals surface area contributed by atoms with E-state index in [-0.39, 0.29) is 5.56 Å². The Hall–Kier alpha value is -2.71. The van der Waals surface area contributed by atoms with E-state index in [4.69, 9.17) is 9.47 Å². The highest BCUT2D eigenvalue weighted by atomic mass is 79.9. The predicted octanol–water partition coefficient (Wildman–Crippen LogP) is 3.93. The Morgan fingerprint density at radius 1 is 1.07 bits per heavy atom. The normalized spacial score (nSPS) is 11.9. The summed E-state index contributed by atoms with van der Waals surface area (Å²) in [6, 6.07) is 13.3. The van der Waals surface area contributed by atoms with Crippen molar-refractivity contribution < 1.29 is 9.47 Å². The van der Waals surface area contributed by atoms with Crippen LogP contribution in [0.25, 0.3) is 22.4 Å². The SMILES string of the molecule is CCOc1ccc(/C=c2/sc3nc(-c4ccc(Br)cc4)nn3c2=O)cc1OCC. The van der Waals surface area contributed by atoms with Gasteiger partial charge in [-0.25, -0.2) is 0 Å². The van der Waals surface area contributed by atoms with Crippen molar-refractivity contribution in [1.82, 2.24) is 14.6 Å². The minimum absolute atomic E-state index is 0.187. The minimum atomic E-state index is -0.187. The van der Waals surface area contributed by atoms with Crippen LogP contribution in [0.2, 0.25) is 0 Å². The van der Waals surface area contributed by atoms with Gasteiger partial charge in [0.15, 0.2) is 17.3 Å². The zero-order valence-corrected chi connectivity index (χ0v) is 18.3. The number of nitrogens with zero attached hydrogens (tertiary/aromatic N) is 3. The number of ether oxygens (including phenoxy) is 2. The third-order valence-corrected chi connectivity index (χ3v) is 5.64. The van der Waals surface area contributed by atoms with Crippen LogP contribution < -0.4 is 19.6 Å². The van der Waals surface area contributed by atoms with E-state index in [1.165, 1.54) is 15.9 Å². The molecule has 0 radical (unpaired) electrons. The largest absolute Gasteiger partial charge is 0.490 e. The molecule has 0 spiro atoms. The number of fused-ring (bicyclic) bond motifs is 1. The zero-order chi connectivity index (χ0) is 20.4. The molecule has 0 atom stereocenters. The van der Waals surface area contributed by atoms with Crippen molar-refractivity contribution in [3.05, 3.63) is 67.4 Å². The molecule has 0 aliphatic heterocycles. The lowest BCUT2D eigenvalue weighted by atomic mass is 10.2. The van der Waals surface area contributed by atoms with E-state index in [2.05, 4.69) is 26.0 Å². The van der Waals surface area contributed by atoms with Gasteiger partial charge in [0.05, 0.1) is 17.7 Å². The van der Waals surface area contributed by atoms with Crippen molar-refractivity contribution in [2.45, 2.75) is 13.8 Å². The maximum Gasteiger partial charge on any atom is 0.291 e. The summed E-state index contributed by atoms with van der Waals surface area (Å²) in [5.41, 5.74) is 1.53. The standard InChI is InChI=1S/C21H18BrN3O3S/c1-3-27-16-10-5-13(11-17(16)28-4-2)12-18-20(26)25-21(29-18)23-19(24-25)14-6-8-15(22)9-7-14/h5-12H,3-4H2,1-2H3/b18-12+. The summed E-state index contributed by atoms with van der Waals surface area (Å²) in [5, 5.41) is 4.38. The second-order valence-corrected chi connectivity index (χ2v) is 8.05. The molecule has 8 heteroatoms. The molecule has 2 aromatic heterocycles. The number of benzene rings is 2. The van der Waals surface area contributed by atoms with Crippen LogP contribution in [-0.2, 0) is 0 Å². The second-order valence-electron chi connectivity index (χ2n) is 6.12. The quantitative estimate of drug-likeness (QED) is 0.426. The lowest BCUT2D eigenvalue weighted by Gasteiger charge is -2.11. The fourth-order valence-corrected chi connectivity index (χ4v) is 4.04. The molecule has 6 nitrogen and oxygen atoms in total. The molecule has 0 saturated carbocycles. The monoisotopic (exact) mass is 471 g/mol. The van der Waals surface area contributed by atoms with Crippen LogP contribution in [0, 0.1) is 0 Å². The first-order valence-corrected chi connectivity index (χ1v) is 10.8. The molecule has 0 bridgehead atoms. The van der Waals surface area contributed by atoms with Gasteiger partial charge >= 0.3 is 0 Å². The topological polar surface area (TPSA) is 65.7 Å². The van der Waals surface area contributed by atoms with Gasteiger partial charge in [-0.15, -0.1) is 5.10 Å². The Labute approximate surface area is 179 Å². The Bertz CT molecular complexity index is 1270. The van der Waals surface area contributed by atoms with Gasteiger partial charge in [-0.05, 0) is 49.8 Å². The van der Waals surface area contributed by atoms with E-state index in [1.807, 2.05) is 62.4 Å². The van der Waals surface area contributed by atoms with Crippen LogP contribution in [0.1, 0.15) is 19.4 Å². The average Bonchev–Trinajstić information content (AvgIpc) is 3.25. The van der Waals surface area contributed by atoms with E-state index in [1.54, 1.807) is 0 Å². The maximum atomic E-state index is 12.8. The minimum Gasteiger partial charge on any atom is -0.490 e. The van der Waals surface area contributed by atoms with Crippen LogP contribution in [0.5, 0.6) is 11.5 Å². The molecule has 148 valence electrons. The van der Waals surface area contributed by atoms with Gasteiger partial charge in [0, 0.05) is 10.0 Å². The Morgan fingerprint density at radius 3 is 2.48 bits per heavy atom. The highest BCUT2D eigenvalue weighted by Crippen LogP contribution is 2.28. The lowest BCUT2D eigenvalue weighted by Crippen LogP contribution is -2.23. The molecule has 0 saturated heterocycles. The molecule has 0 amide bonds. The third kappa shape index (κ3) is 4.04. The van der Waals surface area contributed by atoms with Crippen LogP contribution in [0.15, 0.2) is 51.7 Å². The molecule has 4 rings (SSSR count). The van der Waals surface area contributed by atoms with Crippen molar-refractivity contribution in [3.63, 3.8) is 0 Å². The fraction of sp³-hybridized carbons (Fsp3) is 0.190. The molecule has 0 aliphatic rings. The first-order chi connectivity index (χ1) is 14.1. The van der Waals surface area contributed by atoms with Gasteiger partial charge in [-0.3, -0.25) is 4.79 Å². The predicted molar refractivity (Wildman–Crippen MR) is 118 cm³/mol. The summed E-state index contributed by atoms with van der Waals surface area (Å²) >= 11 is 4.72. The first-order valence-electron chi connectivity index (χ1n) is 9.16. The van der Waals surface area contributed by atoms with Crippen molar-refractivity contribution in [2.24, 2.45) is 0 Å². The molecule has 0 unspecified atom stereocenters. The summed E-state index contributed by atoms with van der Waals surface area (Å²) in [7, 11) is 0. The molecule has 2 aromatic carbocycles. The van der Waals surface area contributed by atoms with Gasteiger partial charge in [0.1, 0.15) is 0 Å². The summed E-state index contributed by atoms with van der Waals surface area (Å²) < 4.78 is 14.1. The molecular formula is C21H18BrN3O3S. The van der Waals surface area contributed by atoms with Crippen LogP contribution in [-0.4, -0.2) is 27.8 Å². The highest BCUT2D eigenvalue weighted by Gasteiger charge is 2.12. The number of aromatic nitrogens is 3. The molecule has 0 fully saturated rings. The van der Waals surface area contributed by atoms with E-state index in [0.29, 0.717) is 40.0 Å². The van der Waals surface area contributed by atoms with Crippen LogP contribution in [0.3, 0.4) is 0 Å². The number of rotatable bonds is 6. The molecule has 4 aromatic rings. The fourth-order valence-electron chi connectivity index (χ4n) is 2.86. The smallest absolute Gasteiger partial charge is 0.291 e. The average molecular weight is 472 g/mol. The van der Waals surface area contributed by atoms with Gasteiger partial charge in [0.2, 0.25) is 4.96 Å². The van der Waals surface area contributed by atoms with E-state index in [9.17, 15) is 4.79 Å². The first kappa shape index (κ1) is 19.6. The zero-order valence-electron chi connectivity index (χ0n) is 15.9. The van der Waals surface area contributed by atoms with Gasteiger partial charge in [0.25, 0.3) is 5.56 Å². The Morgan fingerprint density at radius 2 is 1.79 bits per heavy atom. The number of thiazole rings is 1. The van der Waals surface area contributed by atoms with Crippen LogP contribution >= 0.6 is 27.3 Å². The number of halogens is 1. The second kappa shape index (κ2) is 8.34. The highest BCUT2D eigenvalue weighted by molar-refractivity contribution is 9.10. The summed E-state index contributed by atoms with van der Waals surface area (Å²) in [6.45, 7) is 4.94. The van der Waals surface area contributed by atoms with Gasteiger partial charge in [-0.2, -0.15) is 9.50 Å². The number of hydrogen-bond acceptors (Lipinski definition) is 6. The summed E-state index contributed by atoms with van der Waals surface area (Å²) in [6.07, 6.45) is 1.82. The molecule has 0 N–H and O–H groups in total. The van der Waals surface area contributed by atoms with Crippen molar-refractivity contribution in [1.29, 1.82) is 0 Å². The summed E-state index contributed by atoms with van der Waals surface area (Å²) in [4.78, 5) is 17.9. The van der Waals surface area contributed by atoms with E-state index >= 15 is 0 Å². The Balaban J connectivity index is 1.72. The third-order valence-electron chi connectivity index (χ3n) is 4.15. The van der Waals surface area contributed by atoms with Crippen LogP contribution in [0.4, 0.5) is 0 Å². The molecule has 2 heterocycles. The molecule has 0 aliphatic carbocycles. The van der Waals surface area contributed by atoms with E-state index in [0.717, 1.165) is 15.6 Å². The van der Waals surface area contributed by atoms with E-state index < -0.39 is 0 Å².